The molecule has 17 heavy (non-hydrogen) atoms. The van der Waals surface area contributed by atoms with Gasteiger partial charge in [-0.25, -0.2) is 0 Å². The maximum Gasteiger partial charge on any atom is 0.307 e. The largest absolute Gasteiger partial charge is 0.481 e. The number of aliphatic carboxylic acids is 1. The van der Waals surface area contributed by atoms with E-state index in [2.05, 4.69) is 23.6 Å². The minimum atomic E-state index is -0.777. The average molecular weight is 231 g/mol. The molecule has 0 saturated heterocycles. The van der Waals surface area contributed by atoms with E-state index in [4.69, 9.17) is 5.11 Å². The highest BCUT2D eigenvalue weighted by Crippen LogP contribution is 2.29. The van der Waals surface area contributed by atoms with Gasteiger partial charge in [-0.15, -0.1) is 0 Å². The number of fused-ring (bicyclic) bond motifs is 1. The first-order valence-electron chi connectivity index (χ1n) is 5.68. The Balaban J connectivity index is 2.83. The quantitative estimate of drug-likeness (QED) is 0.863. The fraction of sp³-hybridized carbons (Fsp3) is 0.357. The second-order valence-electron chi connectivity index (χ2n) is 4.67. The Morgan fingerprint density at radius 1 is 1.29 bits per heavy atom. The summed E-state index contributed by atoms with van der Waals surface area (Å²) in [6, 6.07) is 4.22. The van der Waals surface area contributed by atoms with Gasteiger partial charge < -0.3 is 9.67 Å². The number of aryl methyl sites for hydroxylation is 3. The van der Waals surface area contributed by atoms with Crippen LogP contribution in [0.3, 0.4) is 0 Å². The molecule has 90 valence electrons. The molecular formula is C14H17NO2. The van der Waals surface area contributed by atoms with E-state index in [0.29, 0.717) is 0 Å². The Morgan fingerprint density at radius 2 is 1.94 bits per heavy atom. The normalized spacial score (nSPS) is 11.1. The number of carboxylic acid groups (broad SMARTS) is 1. The molecule has 2 aromatic rings. The van der Waals surface area contributed by atoms with Crippen molar-refractivity contribution in [1.82, 2.24) is 4.57 Å². The van der Waals surface area contributed by atoms with Crippen molar-refractivity contribution in [3.8, 4) is 0 Å². The minimum Gasteiger partial charge on any atom is -0.481 e. The van der Waals surface area contributed by atoms with Crippen molar-refractivity contribution in [3.63, 3.8) is 0 Å². The molecule has 3 nitrogen and oxygen atoms in total. The second kappa shape index (κ2) is 3.91. The number of benzene rings is 1. The zero-order valence-electron chi connectivity index (χ0n) is 10.7. The van der Waals surface area contributed by atoms with Gasteiger partial charge in [0.25, 0.3) is 0 Å². The summed E-state index contributed by atoms with van der Waals surface area (Å²) in [6.45, 7) is 6.08. The second-order valence-corrected chi connectivity index (χ2v) is 4.67. The summed E-state index contributed by atoms with van der Waals surface area (Å²) in [4.78, 5) is 10.9. The Morgan fingerprint density at radius 3 is 2.53 bits per heavy atom. The first kappa shape index (κ1) is 11.7. The van der Waals surface area contributed by atoms with Gasteiger partial charge in [0.1, 0.15) is 0 Å². The van der Waals surface area contributed by atoms with Crippen LogP contribution in [0.1, 0.15) is 22.4 Å². The van der Waals surface area contributed by atoms with Crippen molar-refractivity contribution < 1.29 is 9.90 Å². The van der Waals surface area contributed by atoms with Gasteiger partial charge in [-0.3, -0.25) is 4.79 Å². The number of carboxylic acids is 1. The highest BCUT2D eigenvalue weighted by molar-refractivity contribution is 5.92. The number of carbonyl (C=O) groups is 1. The molecule has 1 aromatic heterocycles. The molecule has 0 bridgehead atoms. The van der Waals surface area contributed by atoms with E-state index < -0.39 is 5.97 Å². The number of hydrogen-bond acceptors (Lipinski definition) is 1. The smallest absolute Gasteiger partial charge is 0.307 e. The summed E-state index contributed by atoms with van der Waals surface area (Å²) in [5.41, 5.74) is 5.46. The van der Waals surface area contributed by atoms with Crippen LogP contribution in [-0.4, -0.2) is 15.6 Å². The standard InChI is InChI=1S/C14H17NO2/c1-8-5-9(2)14-11(7-13(16)17)10(3)15(4)12(14)6-8/h5-6H,7H2,1-4H3,(H,16,17). The van der Waals surface area contributed by atoms with Crippen molar-refractivity contribution in [2.75, 3.05) is 0 Å². The third-order valence-corrected chi connectivity index (χ3v) is 3.39. The van der Waals surface area contributed by atoms with Gasteiger partial charge >= 0.3 is 5.97 Å². The van der Waals surface area contributed by atoms with Gasteiger partial charge in [-0.05, 0) is 43.5 Å². The summed E-state index contributed by atoms with van der Waals surface area (Å²) in [7, 11) is 1.99. The first-order chi connectivity index (χ1) is 7.91. The molecule has 0 fully saturated rings. The number of rotatable bonds is 2. The van der Waals surface area contributed by atoms with Crippen LogP contribution in [0.2, 0.25) is 0 Å². The lowest BCUT2D eigenvalue weighted by Crippen LogP contribution is -2.02. The number of hydrogen-bond donors (Lipinski definition) is 1. The lowest BCUT2D eigenvalue weighted by molar-refractivity contribution is -0.136. The van der Waals surface area contributed by atoms with Gasteiger partial charge in [0.05, 0.1) is 6.42 Å². The Bertz CT molecular complexity index is 608. The highest BCUT2D eigenvalue weighted by Gasteiger charge is 2.16. The van der Waals surface area contributed by atoms with Crippen LogP contribution < -0.4 is 0 Å². The summed E-state index contributed by atoms with van der Waals surface area (Å²) in [5.74, 6) is -0.777. The van der Waals surface area contributed by atoms with Crippen molar-refractivity contribution in [1.29, 1.82) is 0 Å². The van der Waals surface area contributed by atoms with E-state index in [0.717, 1.165) is 27.7 Å². The van der Waals surface area contributed by atoms with Gasteiger partial charge in [-0.1, -0.05) is 6.07 Å². The van der Waals surface area contributed by atoms with Crippen molar-refractivity contribution in [2.24, 2.45) is 7.05 Å². The van der Waals surface area contributed by atoms with Gasteiger partial charge in [0, 0.05) is 23.6 Å². The monoisotopic (exact) mass is 231 g/mol. The molecule has 0 atom stereocenters. The summed E-state index contributed by atoms with van der Waals surface area (Å²) in [5, 5.41) is 10.1. The van der Waals surface area contributed by atoms with E-state index in [1.807, 2.05) is 20.9 Å². The summed E-state index contributed by atoms with van der Waals surface area (Å²) >= 11 is 0. The molecule has 0 saturated carbocycles. The maximum atomic E-state index is 10.9. The first-order valence-corrected chi connectivity index (χ1v) is 5.68. The lowest BCUT2D eigenvalue weighted by atomic mass is 10.0. The van der Waals surface area contributed by atoms with Gasteiger partial charge in [-0.2, -0.15) is 0 Å². The molecule has 1 N–H and O–H groups in total. The molecule has 0 aliphatic carbocycles. The fourth-order valence-corrected chi connectivity index (χ4v) is 2.53. The minimum absolute atomic E-state index is 0.0904. The van der Waals surface area contributed by atoms with Crippen LogP contribution in [0.25, 0.3) is 10.9 Å². The van der Waals surface area contributed by atoms with E-state index >= 15 is 0 Å². The number of aromatic nitrogens is 1. The Labute approximate surface area is 101 Å². The molecule has 1 aromatic carbocycles. The predicted molar refractivity (Wildman–Crippen MR) is 68.5 cm³/mol. The van der Waals surface area contributed by atoms with Crippen LogP contribution in [0, 0.1) is 20.8 Å². The van der Waals surface area contributed by atoms with Gasteiger partial charge in [0.2, 0.25) is 0 Å². The predicted octanol–water partition coefficient (Wildman–Crippen LogP) is 2.73. The van der Waals surface area contributed by atoms with Crippen molar-refractivity contribution in [2.45, 2.75) is 27.2 Å². The Hall–Kier alpha value is -1.77. The molecule has 0 spiro atoms. The summed E-state index contributed by atoms with van der Waals surface area (Å²) in [6.07, 6.45) is 0.0904. The van der Waals surface area contributed by atoms with E-state index in [9.17, 15) is 4.79 Å². The molecule has 3 heteroatoms. The van der Waals surface area contributed by atoms with E-state index in [1.165, 1.54) is 5.56 Å². The Kier molecular flexibility index (Phi) is 2.69. The molecular weight excluding hydrogens is 214 g/mol. The van der Waals surface area contributed by atoms with Crippen molar-refractivity contribution in [3.05, 3.63) is 34.5 Å². The SMILES string of the molecule is Cc1cc(C)c2c(CC(=O)O)c(C)n(C)c2c1. The molecule has 1 heterocycles. The van der Waals surface area contributed by atoms with E-state index in [-0.39, 0.29) is 6.42 Å². The fourth-order valence-electron chi connectivity index (χ4n) is 2.53. The van der Waals surface area contributed by atoms with Crippen LogP contribution in [0.15, 0.2) is 12.1 Å². The molecule has 0 aliphatic rings. The highest BCUT2D eigenvalue weighted by atomic mass is 16.4. The van der Waals surface area contributed by atoms with Crippen LogP contribution in [0.5, 0.6) is 0 Å². The molecule has 0 radical (unpaired) electrons. The molecule has 0 aliphatic heterocycles. The van der Waals surface area contributed by atoms with Crippen LogP contribution in [0.4, 0.5) is 0 Å². The molecule has 0 unspecified atom stereocenters. The molecule has 2 rings (SSSR count). The van der Waals surface area contributed by atoms with Gasteiger partial charge in [0.15, 0.2) is 0 Å². The van der Waals surface area contributed by atoms with Crippen LogP contribution >= 0.6 is 0 Å². The third-order valence-electron chi connectivity index (χ3n) is 3.39. The van der Waals surface area contributed by atoms with E-state index in [1.54, 1.807) is 0 Å². The van der Waals surface area contributed by atoms with Crippen LogP contribution in [-0.2, 0) is 18.3 Å². The maximum absolute atomic E-state index is 10.9. The zero-order valence-corrected chi connectivity index (χ0v) is 10.7. The zero-order chi connectivity index (χ0) is 12.7. The van der Waals surface area contributed by atoms with Crippen molar-refractivity contribution >= 4 is 16.9 Å². The summed E-state index contributed by atoms with van der Waals surface area (Å²) < 4.78 is 2.08. The number of nitrogens with zero attached hydrogens (tertiary/aromatic N) is 1. The molecule has 0 amide bonds. The third kappa shape index (κ3) is 1.82. The lowest BCUT2D eigenvalue weighted by Gasteiger charge is -2.02. The average Bonchev–Trinajstić information content (AvgIpc) is 2.43. The topological polar surface area (TPSA) is 42.2 Å².